The largest absolute Gasteiger partial charge is 0.482 e. The van der Waals surface area contributed by atoms with Crippen molar-refractivity contribution in [3.05, 3.63) is 70.3 Å². The van der Waals surface area contributed by atoms with E-state index in [4.69, 9.17) is 27.9 Å². The molecule has 7 heteroatoms. The number of ether oxygens (including phenoxy) is 1. The zero-order valence-corrected chi connectivity index (χ0v) is 14.5. The fraction of sp³-hybridized carbons (Fsp3) is 0.0556. The van der Waals surface area contributed by atoms with Gasteiger partial charge in [0.25, 0.3) is 5.91 Å². The molecule has 25 heavy (non-hydrogen) atoms. The number of hydrogen-bond donors (Lipinski definition) is 1. The van der Waals surface area contributed by atoms with E-state index in [1.165, 1.54) is 6.21 Å². The van der Waals surface area contributed by atoms with Gasteiger partial charge in [-0.05, 0) is 24.3 Å². The number of aromatic nitrogens is 1. The Labute approximate surface area is 154 Å². The number of rotatable bonds is 5. The summed E-state index contributed by atoms with van der Waals surface area (Å²) in [4.78, 5) is 16.1. The van der Waals surface area contributed by atoms with Crippen molar-refractivity contribution in [2.75, 3.05) is 6.61 Å². The molecule has 0 aliphatic carbocycles. The highest BCUT2D eigenvalue weighted by Gasteiger charge is 2.05. The molecule has 0 unspecified atom stereocenters. The van der Waals surface area contributed by atoms with Crippen LogP contribution < -0.4 is 10.2 Å². The van der Waals surface area contributed by atoms with E-state index in [2.05, 4.69) is 15.5 Å². The molecule has 0 spiro atoms. The Morgan fingerprint density at radius 3 is 2.76 bits per heavy atom. The monoisotopic (exact) mass is 373 g/mol. The Morgan fingerprint density at radius 1 is 1.16 bits per heavy atom. The van der Waals surface area contributed by atoms with Gasteiger partial charge >= 0.3 is 0 Å². The number of para-hydroxylation sites is 2. The van der Waals surface area contributed by atoms with Crippen LogP contribution in [0.4, 0.5) is 0 Å². The average Bonchev–Trinajstić information content (AvgIpc) is 2.61. The van der Waals surface area contributed by atoms with Gasteiger partial charge in [0.1, 0.15) is 10.9 Å². The molecule has 5 nitrogen and oxygen atoms in total. The summed E-state index contributed by atoms with van der Waals surface area (Å²) in [5.74, 6) is 0.0195. The van der Waals surface area contributed by atoms with E-state index in [0.29, 0.717) is 21.5 Å². The summed E-state index contributed by atoms with van der Waals surface area (Å²) in [7, 11) is 0. The lowest BCUT2D eigenvalue weighted by atomic mass is 10.2. The van der Waals surface area contributed by atoms with E-state index in [1.807, 2.05) is 30.3 Å². The Balaban J connectivity index is 1.60. The summed E-state index contributed by atoms with van der Waals surface area (Å²) in [6.07, 6.45) is 1.44. The Hall–Kier alpha value is -2.63. The third-order valence-corrected chi connectivity index (χ3v) is 3.91. The summed E-state index contributed by atoms with van der Waals surface area (Å²) < 4.78 is 5.33. The lowest BCUT2D eigenvalue weighted by Gasteiger charge is -2.06. The molecule has 3 aromatic rings. The molecule has 1 aromatic heterocycles. The predicted octanol–water partition coefficient (Wildman–Crippen LogP) is 4.07. The van der Waals surface area contributed by atoms with Crippen LogP contribution in [0.2, 0.25) is 10.2 Å². The number of hydrogen-bond acceptors (Lipinski definition) is 4. The highest BCUT2D eigenvalue weighted by Crippen LogP contribution is 2.22. The number of halogens is 2. The molecule has 0 aliphatic heterocycles. The van der Waals surface area contributed by atoms with Gasteiger partial charge in [0.05, 0.1) is 16.8 Å². The van der Waals surface area contributed by atoms with Crippen LogP contribution in [0.1, 0.15) is 5.56 Å². The van der Waals surface area contributed by atoms with Gasteiger partial charge in [-0.2, -0.15) is 5.10 Å². The van der Waals surface area contributed by atoms with Gasteiger partial charge in [0.15, 0.2) is 6.61 Å². The zero-order chi connectivity index (χ0) is 17.6. The van der Waals surface area contributed by atoms with E-state index in [1.54, 1.807) is 24.3 Å². The second kappa shape index (κ2) is 7.96. The van der Waals surface area contributed by atoms with Crippen LogP contribution in [0, 0.1) is 0 Å². The van der Waals surface area contributed by atoms with Gasteiger partial charge in [-0.25, -0.2) is 10.4 Å². The smallest absolute Gasteiger partial charge is 0.277 e. The van der Waals surface area contributed by atoms with Crippen LogP contribution in [0.15, 0.2) is 59.7 Å². The fourth-order valence-corrected chi connectivity index (χ4v) is 2.50. The number of carbonyl (C=O) groups is 1. The molecule has 126 valence electrons. The van der Waals surface area contributed by atoms with E-state index >= 15 is 0 Å². The molecule has 2 aromatic carbocycles. The van der Waals surface area contributed by atoms with E-state index in [-0.39, 0.29) is 6.61 Å². The van der Waals surface area contributed by atoms with Crippen LogP contribution in [0.25, 0.3) is 10.9 Å². The molecule has 3 rings (SSSR count). The van der Waals surface area contributed by atoms with Crippen molar-refractivity contribution in [1.29, 1.82) is 0 Å². The number of carbonyl (C=O) groups excluding carboxylic acids is 1. The minimum absolute atomic E-state index is 0.204. The summed E-state index contributed by atoms with van der Waals surface area (Å²) in [5, 5.41) is 5.56. The quantitative estimate of drug-likeness (QED) is 0.416. The molecule has 1 heterocycles. The fourth-order valence-electron chi connectivity index (χ4n) is 2.11. The lowest BCUT2D eigenvalue weighted by Crippen LogP contribution is -2.24. The minimum atomic E-state index is -0.416. The van der Waals surface area contributed by atoms with Crippen molar-refractivity contribution >= 4 is 46.2 Å². The third-order valence-electron chi connectivity index (χ3n) is 3.29. The summed E-state index contributed by atoms with van der Waals surface area (Å²) in [6, 6.07) is 16.3. The van der Waals surface area contributed by atoms with Gasteiger partial charge in [0, 0.05) is 10.9 Å². The Kier molecular flexibility index (Phi) is 5.48. The molecule has 0 saturated carbocycles. The molecule has 0 radical (unpaired) electrons. The van der Waals surface area contributed by atoms with Crippen molar-refractivity contribution < 1.29 is 9.53 Å². The molecular formula is C18H13Cl2N3O2. The molecule has 0 fully saturated rings. The molecule has 0 atom stereocenters. The second-order valence-corrected chi connectivity index (χ2v) is 5.84. The van der Waals surface area contributed by atoms with Gasteiger partial charge < -0.3 is 4.74 Å². The normalized spacial score (nSPS) is 11.0. The van der Waals surface area contributed by atoms with Gasteiger partial charge in [-0.3, -0.25) is 4.79 Å². The van der Waals surface area contributed by atoms with Crippen molar-refractivity contribution in [2.45, 2.75) is 0 Å². The predicted molar refractivity (Wildman–Crippen MR) is 99.4 cm³/mol. The van der Waals surface area contributed by atoms with Crippen molar-refractivity contribution in [2.24, 2.45) is 5.10 Å². The number of hydrazone groups is 1. The van der Waals surface area contributed by atoms with Crippen molar-refractivity contribution in [3.63, 3.8) is 0 Å². The number of fused-ring (bicyclic) bond motifs is 1. The number of pyridine rings is 1. The second-order valence-electron chi connectivity index (χ2n) is 5.07. The standard InChI is InChI=1S/C18H13Cl2N3O2/c19-14-6-2-4-8-16(14)25-11-17(24)23-21-10-13-9-12-5-1-3-7-15(12)22-18(13)20/h1-10H,11H2,(H,23,24)/b21-10+. The average molecular weight is 374 g/mol. The van der Waals surface area contributed by atoms with Crippen LogP contribution in [-0.4, -0.2) is 23.7 Å². The first-order chi connectivity index (χ1) is 12.1. The first-order valence-corrected chi connectivity index (χ1v) is 8.13. The zero-order valence-electron chi connectivity index (χ0n) is 12.9. The number of amides is 1. The summed E-state index contributed by atoms with van der Waals surface area (Å²) in [6.45, 7) is -0.204. The van der Waals surface area contributed by atoms with Crippen molar-refractivity contribution in [1.82, 2.24) is 10.4 Å². The van der Waals surface area contributed by atoms with Crippen LogP contribution in [0.3, 0.4) is 0 Å². The molecule has 1 amide bonds. The first kappa shape index (κ1) is 17.2. The van der Waals surface area contributed by atoms with E-state index < -0.39 is 5.91 Å². The van der Waals surface area contributed by atoms with Crippen LogP contribution in [0.5, 0.6) is 5.75 Å². The number of nitrogens with zero attached hydrogens (tertiary/aromatic N) is 2. The molecular weight excluding hydrogens is 361 g/mol. The maximum atomic E-state index is 11.8. The highest BCUT2D eigenvalue weighted by molar-refractivity contribution is 6.32. The lowest BCUT2D eigenvalue weighted by molar-refractivity contribution is -0.123. The van der Waals surface area contributed by atoms with Gasteiger partial charge in [-0.15, -0.1) is 0 Å². The molecule has 0 bridgehead atoms. The van der Waals surface area contributed by atoms with Crippen molar-refractivity contribution in [3.8, 4) is 5.75 Å². The highest BCUT2D eigenvalue weighted by atomic mass is 35.5. The SMILES string of the molecule is O=C(COc1ccccc1Cl)N/N=C/c1cc2ccccc2nc1Cl. The summed E-state index contributed by atoms with van der Waals surface area (Å²) in [5.41, 5.74) is 3.77. The summed E-state index contributed by atoms with van der Waals surface area (Å²) >= 11 is 12.1. The van der Waals surface area contributed by atoms with Gasteiger partial charge in [0.2, 0.25) is 0 Å². The molecule has 1 N–H and O–H groups in total. The number of nitrogens with one attached hydrogen (secondary N) is 1. The first-order valence-electron chi connectivity index (χ1n) is 7.38. The maximum Gasteiger partial charge on any atom is 0.277 e. The molecule has 0 aliphatic rings. The maximum absolute atomic E-state index is 11.8. The number of benzene rings is 2. The van der Waals surface area contributed by atoms with Crippen LogP contribution >= 0.6 is 23.2 Å². The topological polar surface area (TPSA) is 63.6 Å². The van der Waals surface area contributed by atoms with Crippen LogP contribution in [-0.2, 0) is 4.79 Å². The van der Waals surface area contributed by atoms with E-state index in [0.717, 1.165) is 10.9 Å². The third kappa shape index (κ3) is 4.47. The minimum Gasteiger partial charge on any atom is -0.482 e. The molecule has 0 saturated heterocycles. The van der Waals surface area contributed by atoms with Gasteiger partial charge in [-0.1, -0.05) is 53.5 Å². The van der Waals surface area contributed by atoms with E-state index in [9.17, 15) is 4.79 Å². The Morgan fingerprint density at radius 2 is 1.92 bits per heavy atom. The Bertz CT molecular complexity index is 945.